The molecule has 0 spiro atoms. The molecular formula is C15H14NO5. The number of nitro benzene ring substituents is 1. The molecule has 2 rings (SSSR count). The summed E-state index contributed by atoms with van der Waals surface area (Å²) in [5.74, 6) is 1.78. The third-order valence-electron chi connectivity index (χ3n) is 2.90. The summed E-state index contributed by atoms with van der Waals surface area (Å²) in [6.45, 7) is 1.65. The summed E-state index contributed by atoms with van der Waals surface area (Å²) >= 11 is 0. The van der Waals surface area contributed by atoms with Crippen molar-refractivity contribution in [2.75, 3.05) is 14.2 Å². The summed E-state index contributed by atoms with van der Waals surface area (Å²) in [6.07, 6.45) is 0. The molecule has 0 saturated carbocycles. The van der Waals surface area contributed by atoms with Gasteiger partial charge >= 0.3 is 0 Å². The molecule has 0 unspecified atom stereocenters. The van der Waals surface area contributed by atoms with Gasteiger partial charge in [0.2, 0.25) is 5.75 Å². The van der Waals surface area contributed by atoms with Gasteiger partial charge in [0.15, 0.2) is 11.5 Å². The number of hydrogen-bond acceptors (Lipinski definition) is 5. The van der Waals surface area contributed by atoms with Crippen LogP contribution in [0, 0.1) is 23.1 Å². The molecule has 0 aliphatic carbocycles. The fourth-order valence-corrected chi connectivity index (χ4v) is 1.86. The number of nitrogens with zero attached hydrogens (tertiary/aromatic N) is 1. The van der Waals surface area contributed by atoms with E-state index in [9.17, 15) is 10.1 Å². The molecule has 0 aliphatic heterocycles. The van der Waals surface area contributed by atoms with Crippen molar-refractivity contribution in [2.45, 2.75) is 6.92 Å². The van der Waals surface area contributed by atoms with E-state index in [0.29, 0.717) is 28.6 Å². The summed E-state index contributed by atoms with van der Waals surface area (Å²) < 4.78 is 16.2. The first kappa shape index (κ1) is 14.6. The Bertz CT molecular complexity index is 647. The van der Waals surface area contributed by atoms with Gasteiger partial charge in [-0.05, 0) is 37.3 Å². The van der Waals surface area contributed by atoms with Crippen molar-refractivity contribution in [1.29, 1.82) is 0 Å². The number of rotatable bonds is 5. The van der Waals surface area contributed by atoms with Gasteiger partial charge in [-0.15, -0.1) is 0 Å². The molecule has 0 atom stereocenters. The van der Waals surface area contributed by atoms with Crippen LogP contribution in [0.4, 0.5) is 5.69 Å². The van der Waals surface area contributed by atoms with Crippen LogP contribution in [0.15, 0.2) is 30.3 Å². The van der Waals surface area contributed by atoms with Gasteiger partial charge in [0, 0.05) is 11.6 Å². The predicted octanol–water partition coefficient (Wildman–Crippen LogP) is 3.51. The van der Waals surface area contributed by atoms with Gasteiger partial charge in [0.05, 0.1) is 19.1 Å². The second-order valence-corrected chi connectivity index (χ2v) is 4.23. The Hall–Kier alpha value is -2.76. The van der Waals surface area contributed by atoms with Crippen LogP contribution in [0.1, 0.15) is 5.56 Å². The molecular weight excluding hydrogens is 274 g/mol. The molecule has 0 amide bonds. The Morgan fingerprint density at radius 1 is 1.14 bits per heavy atom. The van der Waals surface area contributed by atoms with E-state index in [1.807, 2.05) is 0 Å². The van der Waals surface area contributed by atoms with E-state index in [-0.39, 0.29) is 5.69 Å². The molecule has 2 aromatic rings. The van der Waals surface area contributed by atoms with Gasteiger partial charge in [-0.25, -0.2) is 0 Å². The molecule has 1 radical (unpaired) electrons. The topological polar surface area (TPSA) is 70.8 Å². The van der Waals surface area contributed by atoms with Gasteiger partial charge in [-0.3, -0.25) is 10.1 Å². The number of ether oxygens (including phenoxy) is 3. The molecule has 0 fully saturated rings. The molecule has 0 saturated heterocycles. The lowest BCUT2D eigenvalue weighted by Crippen LogP contribution is -1.96. The summed E-state index contributed by atoms with van der Waals surface area (Å²) in [5, 5.41) is 10.8. The Kier molecular flexibility index (Phi) is 4.27. The third kappa shape index (κ3) is 3.05. The molecule has 0 heterocycles. The van der Waals surface area contributed by atoms with Gasteiger partial charge in [-0.1, -0.05) is 0 Å². The average Bonchev–Trinajstić information content (AvgIpc) is 2.47. The Morgan fingerprint density at radius 3 is 2.24 bits per heavy atom. The minimum Gasteiger partial charge on any atom is -0.493 e. The Labute approximate surface area is 122 Å². The zero-order valence-corrected chi connectivity index (χ0v) is 11.9. The molecule has 0 aromatic heterocycles. The molecule has 0 bridgehead atoms. The summed E-state index contributed by atoms with van der Waals surface area (Å²) in [7, 11) is 3.02. The Balaban J connectivity index is 2.38. The van der Waals surface area contributed by atoms with E-state index in [4.69, 9.17) is 14.2 Å². The molecule has 6 heteroatoms. The van der Waals surface area contributed by atoms with Crippen molar-refractivity contribution in [3.63, 3.8) is 0 Å². The highest BCUT2D eigenvalue weighted by Gasteiger charge is 2.15. The zero-order valence-electron chi connectivity index (χ0n) is 11.9. The van der Waals surface area contributed by atoms with E-state index in [1.165, 1.54) is 26.4 Å². The van der Waals surface area contributed by atoms with Crippen LogP contribution < -0.4 is 14.2 Å². The number of benzene rings is 2. The number of aryl methyl sites for hydroxylation is 1. The second kappa shape index (κ2) is 6.13. The lowest BCUT2D eigenvalue weighted by Gasteiger charge is -2.13. The van der Waals surface area contributed by atoms with Crippen LogP contribution in [0.3, 0.4) is 0 Å². The largest absolute Gasteiger partial charge is 0.493 e. The van der Waals surface area contributed by atoms with Crippen molar-refractivity contribution in [1.82, 2.24) is 0 Å². The first-order valence-corrected chi connectivity index (χ1v) is 6.11. The maximum atomic E-state index is 10.8. The van der Waals surface area contributed by atoms with E-state index in [0.717, 1.165) is 0 Å². The highest BCUT2D eigenvalue weighted by molar-refractivity contribution is 5.54. The quantitative estimate of drug-likeness (QED) is 0.622. The van der Waals surface area contributed by atoms with Crippen LogP contribution >= 0.6 is 0 Å². The van der Waals surface area contributed by atoms with Gasteiger partial charge in [0.1, 0.15) is 5.75 Å². The average molecular weight is 288 g/mol. The van der Waals surface area contributed by atoms with E-state index < -0.39 is 4.92 Å². The van der Waals surface area contributed by atoms with Crippen LogP contribution in [0.5, 0.6) is 23.0 Å². The zero-order chi connectivity index (χ0) is 15.4. The normalized spacial score (nSPS) is 10.0. The van der Waals surface area contributed by atoms with Crippen molar-refractivity contribution < 1.29 is 19.1 Å². The van der Waals surface area contributed by atoms with Crippen molar-refractivity contribution in [3.8, 4) is 23.0 Å². The first-order valence-electron chi connectivity index (χ1n) is 6.11. The fraction of sp³-hybridized carbons (Fsp3) is 0.200. The van der Waals surface area contributed by atoms with Crippen LogP contribution in [-0.4, -0.2) is 19.1 Å². The first-order chi connectivity index (χ1) is 10.1. The minimum atomic E-state index is -0.433. The molecule has 0 N–H and O–H groups in total. The summed E-state index contributed by atoms with van der Waals surface area (Å²) in [6, 6.07) is 10.6. The SMILES string of the molecule is COc1c[c]cc(OC)c1Oc1ccc([N+](=O)[O-])c(C)c1. The van der Waals surface area contributed by atoms with Gasteiger partial charge < -0.3 is 14.2 Å². The molecule has 109 valence electrons. The number of nitro groups is 1. The van der Waals surface area contributed by atoms with Crippen LogP contribution in [-0.2, 0) is 0 Å². The van der Waals surface area contributed by atoms with Crippen LogP contribution in [0.25, 0.3) is 0 Å². The minimum absolute atomic E-state index is 0.0441. The third-order valence-corrected chi connectivity index (χ3v) is 2.90. The predicted molar refractivity (Wildman–Crippen MR) is 76.3 cm³/mol. The van der Waals surface area contributed by atoms with Gasteiger partial charge in [0.25, 0.3) is 5.69 Å². The molecule has 21 heavy (non-hydrogen) atoms. The van der Waals surface area contributed by atoms with E-state index in [1.54, 1.807) is 25.1 Å². The van der Waals surface area contributed by atoms with Crippen molar-refractivity contribution in [3.05, 3.63) is 52.1 Å². The maximum absolute atomic E-state index is 10.8. The standard InChI is InChI=1S/C15H14NO5/c1-10-9-11(7-8-12(10)16(17)18)21-15-13(19-2)5-4-6-14(15)20-3/h5-9H,1-3H3. The highest BCUT2D eigenvalue weighted by atomic mass is 16.6. The molecule has 0 aliphatic rings. The molecule has 2 aromatic carbocycles. The van der Waals surface area contributed by atoms with Gasteiger partial charge in [-0.2, -0.15) is 0 Å². The Morgan fingerprint density at radius 2 is 1.76 bits per heavy atom. The molecule has 6 nitrogen and oxygen atoms in total. The van der Waals surface area contributed by atoms with E-state index >= 15 is 0 Å². The lowest BCUT2D eigenvalue weighted by molar-refractivity contribution is -0.385. The summed E-state index contributed by atoms with van der Waals surface area (Å²) in [4.78, 5) is 10.4. The van der Waals surface area contributed by atoms with Crippen LogP contribution in [0.2, 0.25) is 0 Å². The smallest absolute Gasteiger partial charge is 0.272 e. The second-order valence-electron chi connectivity index (χ2n) is 4.23. The van der Waals surface area contributed by atoms with E-state index in [2.05, 4.69) is 6.07 Å². The number of methoxy groups -OCH3 is 2. The maximum Gasteiger partial charge on any atom is 0.272 e. The fourth-order valence-electron chi connectivity index (χ4n) is 1.86. The van der Waals surface area contributed by atoms with Crippen molar-refractivity contribution >= 4 is 5.69 Å². The summed E-state index contributed by atoms with van der Waals surface area (Å²) in [5.41, 5.74) is 0.556. The number of hydrogen-bond donors (Lipinski definition) is 0. The van der Waals surface area contributed by atoms with Crippen molar-refractivity contribution in [2.24, 2.45) is 0 Å². The monoisotopic (exact) mass is 288 g/mol. The highest BCUT2D eigenvalue weighted by Crippen LogP contribution is 2.40. The lowest BCUT2D eigenvalue weighted by atomic mass is 10.2.